The lowest BCUT2D eigenvalue weighted by atomic mass is 9.92. The van der Waals surface area contributed by atoms with E-state index in [-0.39, 0.29) is 37.9 Å². The molecule has 0 aliphatic heterocycles. The molecule has 286 valence electrons. The molecule has 0 saturated carbocycles. The van der Waals surface area contributed by atoms with Crippen LogP contribution >= 0.6 is 0 Å². The van der Waals surface area contributed by atoms with Crippen LogP contribution in [0, 0.1) is 0 Å². The quantitative estimate of drug-likeness (QED) is 0.0434. The summed E-state index contributed by atoms with van der Waals surface area (Å²) in [6.45, 7) is 2.02. The maximum Gasteiger partial charge on any atom is 0.326 e. The third-order valence-corrected chi connectivity index (χ3v) is 9.25. The average molecular weight is 739 g/mol. The van der Waals surface area contributed by atoms with Crippen LogP contribution < -0.4 is 30.6 Å². The summed E-state index contributed by atoms with van der Waals surface area (Å²) in [5.41, 5.74) is 1.66. The van der Waals surface area contributed by atoms with Gasteiger partial charge in [0.25, 0.3) is 0 Å². The zero-order chi connectivity index (χ0) is 38.7. The van der Waals surface area contributed by atoms with Crippen LogP contribution in [0.15, 0.2) is 72.8 Å². The van der Waals surface area contributed by atoms with E-state index in [0.29, 0.717) is 50.0 Å². The zero-order valence-corrected chi connectivity index (χ0v) is 31.3. The third kappa shape index (κ3) is 12.5. The van der Waals surface area contributed by atoms with E-state index >= 15 is 0 Å². The van der Waals surface area contributed by atoms with Crippen molar-refractivity contribution < 1.29 is 38.9 Å². The topological polar surface area (TPSA) is 175 Å². The molecule has 14 heteroatoms. The summed E-state index contributed by atoms with van der Waals surface area (Å²) >= 11 is 0. The molecule has 4 aromatic rings. The first kappa shape index (κ1) is 41.7. The number of carbonyl (C=O) groups excluding carboxylic acids is 2. The molecule has 2 atom stereocenters. The Hall–Kier alpha value is -5.07. The molecule has 0 aliphatic rings. The Bertz CT molecular complexity index is 1730. The van der Waals surface area contributed by atoms with E-state index in [1.807, 2.05) is 88.8 Å². The highest BCUT2D eigenvalue weighted by Gasteiger charge is 2.22. The maximum atomic E-state index is 12.7. The Morgan fingerprint density at radius 1 is 0.556 bits per heavy atom. The normalized spacial score (nSPS) is 12.2. The summed E-state index contributed by atoms with van der Waals surface area (Å²) in [6.07, 6.45) is 4.74. The molecule has 0 fully saturated rings. The lowest BCUT2D eigenvalue weighted by Crippen LogP contribution is -2.40. The van der Waals surface area contributed by atoms with Crippen LogP contribution in [-0.2, 0) is 19.2 Å². The smallest absolute Gasteiger partial charge is 0.326 e. The van der Waals surface area contributed by atoms with Gasteiger partial charge in [0.15, 0.2) is 16.0 Å². The van der Waals surface area contributed by atoms with Crippen molar-refractivity contribution in [2.24, 2.45) is 0 Å². The van der Waals surface area contributed by atoms with Gasteiger partial charge in [-0.3, -0.25) is 9.59 Å². The number of carboxylic acid groups (broad SMARTS) is 2. The van der Waals surface area contributed by atoms with Gasteiger partial charge in [-0.25, -0.2) is 9.59 Å². The lowest BCUT2D eigenvalue weighted by molar-refractivity contribution is -0.142. The largest absolute Gasteiger partial charge is 0.493 e. The molecule has 4 rings (SSSR count). The summed E-state index contributed by atoms with van der Waals surface area (Å²) in [6, 6.07) is 21.9. The van der Waals surface area contributed by atoms with Crippen molar-refractivity contribution in [2.45, 2.75) is 76.3 Å². The summed E-state index contributed by atoms with van der Waals surface area (Å²) < 4.78 is 12.8. The number of ether oxygens (including phenoxy) is 2. The predicted octanol–water partition coefficient (Wildman–Crippen LogP) is 3.73. The minimum absolute atomic E-state index is 0.114. The molecule has 12 nitrogen and oxygen atoms in total. The van der Waals surface area contributed by atoms with Crippen LogP contribution in [0.4, 0.5) is 0 Å². The highest BCUT2D eigenvalue weighted by atomic mass is 16.5. The summed E-state index contributed by atoms with van der Waals surface area (Å²) in [5.74, 6) is -1.53. The lowest BCUT2D eigenvalue weighted by Gasteiger charge is -2.20. The molecule has 6 N–H and O–H groups in total. The number of aliphatic carboxylic acids is 2. The minimum Gasteiger partial charge on any atom is -0.493 e. The molecule has 0 aliphatic carbocycles. The number of carbonyl (C=O) groups is 4. The van der Waals surface area contributed by atoms with Gasteiger partial charge in [0.1, 0.15) is 23.6 Å². The van der Waals surface area contributed by atoms with Crippen LogP contribution in [0.3, 0.4) is 0 Å². The van der Waals surface area contributed by atoms with Crippen molar-refractivity contribution in [3.63, 3.8) is 0 Å². The van der Waals surface area contributed by atoms with Gasteiger partial charge in [-0.15, -0.1) is 0 Å². The van der Waals surface area contributed by atoms with Crippen LogP contribution in [0.5, 0.6) is 11.5 Å². The van der Waals surface area contributed by atoms with E-state index in [1.54, 1.807) is 0 Å². The third-order valence-electron chi connectivity index (χ3n) is 9.25. The number of hydrogen-bond acceptors (Lipinski definition) is 8. The van der Waals surface area contributed by atoms with Gasteiger partial charge in [-0.2, -0.15) is 0 Å². The summed E-state index contributed by atoms with van der Waals surface area (Å²) in [5, 5.41) is 34.5. The molecule has 2 amide bonds. The molecule has 0 spiro atoms. The number of benzene rings is 4. The van der Waals surface area contributed by atoms with Gasteiger partial charge >= 0.3 is 11.9 Å². The Balaban J connectivity index is 1.48. The maximum absolute atomic E-state index is 12.7. The van der Waals surface area contributed by atoms with Crippen LogP contribution in [0.2, 0.25) is 0 Å². The molecule has 0 radical (unpaired) electrons. The molecule has 0 bridgehead atoms. The number of rotatable bonds is 25. The first-order valence-electron chi connectivity index (χ1n) is 18.9. The fourth-order valence-electron chi connectivity index (χ4n) is 6.44. The number of amides is 2. The molecular weight excluding hydrogens is 686 g/mol. The zero-order valence-electron chi connectivity index (χ0n) is 31.3. The first-order valence-corrected chi connectivity index (χ1v) is 18.9. The van der Waals surface area contributed by atoms with Crippen LogP contribution in [0.25, 0.3) is 32.7 Å². The van der Waals surface area contributed by atoms with E-state index in [9.17, 15) is 29.4 Å². The molecule has 0 aromatic heterocycles. The Morgan fingerprint density at radius 3 is 1.35 bits per heavy atom. The van der Waals surface area contributed by atoms with E-state index < -0.39 is 24.0 Å². The number of unbranched alkanes of at least 4 members (excludes halogenated alkanes) is 2. The van der Waals surface area contributed by atoms with Crippen molar-refractivity contribution in [1.82, 2.24) is 21.1 Å². The van der Waals surface area contributed by atoms with Crippen LogP contribution in [0.1, 0.15) is 64.2 Å². The second-order valence-electron chi connectivity index (χ2n) is 13.3. The Labute approximate surface area is 318 Å². The molecule has 54 heavy (non-hydrogen) atoms. The fourth-order valence-corrected chi connectivity index (χ4v) is 6.44. The van der Waals surface area contributed by atoms with E-state index in [4.69, 9.17) is 9.47 Å². The minimum atomic E-state index is -1.04. The van der Waals surface area contributed by atoms with Crippen molar-refractivity contribution in [2.75, 3.05) is 26.3 Å². The number of fused-ring (bicyclic) bond motifs is 2. The second kappa shape index (κ2) is 22.2. The molecule has 4 aromatic carbocycles. The van der Waals surface area contributed by atoms with E-state index in [1.165, 1.54) is 0 Å². The van der Waals surface area contributed by atoms with Crippen molar-refractivity contribution in [1.29, 1.82) is 0 Å². The predicted molar refractivity (Wildman–Crippen MR) is 216 cm³/mol. The van der Waals surface area contributed by atoms with Gasteiger partial charge in [0.05, 0.1) is 13.2 Å². The molecule has 0 saturated heterocycles. The Kier molecular flexibility index (Phi) is 17.1. The molecule has 0 unspecified atom stereocenters. The Morgan fingerprint density at radius 2 is 0.963 bits per heavy atom. The van der Waals surface area contributed by atoms with Gasteiger partial charge < -0.3 is 40.8 Å². The van der Waals surface area contributed by atoms with Crippen molar-refractivity contribution in [3.8, 4) is 22.6 Å². The number of carboxylic acids is 2. The van der Waals surface area contributed by atoms with Gasteiger partial charge in [0.2, 0.25) is 11.8 Å². The van der Waals surface area contributed by atoms with Gasteiger partial charge in [0, 0.05) is 24.0 Å². The van der Waals surface area contributed by atoms with Crippen molar-refractivity contribution >= 4 is 61.3 Å². The summed E-state index contributed by atoms with van der Waals surface area (Å²) in [7, 11) is 3.69. The van der Waals surface area contributed by atoms with Crippen molar-refractivity contribution in [3.05, 3.63) is 72.8 Å². The molecular formula is C40H52B2N4O8. The van der Waals surface area contributed by atoms with Gasteiger partial charge in [-0.1, -0.05) is 60.7 Å². The SMILES string of the molecule is BNCCCC[C@@H](NC(=O)CCCOc1ccc2ccccc2c1-c1c(OCCCC(=O)N[C@H](CCCCNB)C(=O)O)ccc2ccccc12)C(=O)O. The monoisotopic (exact) mass is 738 g/mol. The van der Waals surface area contributed by atoms with E-state index in [2.05, 4.69) is 21.1 Å². The highest BCUT2D eigenvalue weighted by Crippen LogP contribution is 2.45. The fraction of sp³-hybridized carbons (Fsp3) is 0.400. The highest BCUT2D eigenvalue weighted by molar-refractivity contribution is 6.09. The summed E-state index contributed by atoms with van der Waals surface area (Å²) in [4.78, 5) is 48.9. The standard InChI is InChI=1S/C40H52B2N4O8/c41-43-23-7-5-15-31(39(49)50)45-35(47)17-9-25-53-33-21-19-27-11-1-3-13-29(27)37(33)38-30-14-4-2-12-28(30)20-22-34(38)54-26-10-18-36(48)46-32(40(51)52)16-6-8-24-44-42/h1-4,11-14,19-22,31-32,43-44H,5-10,15-18,23-26,41-42H2,(H,45,47)(H,46,48)(H,49,50)(H,51,52)/t31-,32-/m1/s1. The first-order chi connectivity index (χ1) is 26.2. The van der Waals surface area contributed by atoms with Crippen LogP contribution in [-0.4, -0.2) is 88.3 Å². The number of hydrogen-bond donors (Lipinski definition) is 6. The second-order valence-corrected chi connectivity index (χ2v) is 13.3. The number of nitrogens with one attached hydrogen (secondary N) is 4. The van der Waals surface area contributed by atoms with E-state index in [0.717, 1.165) is 58.6 Å². The van der Waals surface area contributed by atoms with Gasteiger partial charge in [-0.05, 0) is 98.1 Å². The average Bonchev–Trinajstić information content (AvgIpc) is 3.17. The molecule has 0 heterocycles.